The van der Waals surface area contributed by atoms with Gasteiger partial charge in [0.15, 0.2) is 0 Å². The van der Waals surface area contributed by atoms with E-state index in [-0.39, 0.29) is 18.5 Å². The molecule has 0 aliphatic heterocycles. The van der Waals surface area contributed by atoms with E-state index in [0.717, 1.165) is 22.4 Å². The number of carbonyl (C=O) groups excluding carboxylic acids is 2. The fourth-order valence-corrected chi connectivity index (χ4v) is 4.15. The molecule has 30 heavy (non-hydrogen) atoms. The monoisotopic (exact) mass is 422 g/mol. The molecule has 0 aliphatic carbocycles. The second-order valence-corrected chi connectivity index (χ2v) is 7.85. The van der Waals surface area contributed by atoms with Crippen molar-refractivity contribution in [3.8, 4) is 0 Å². The lowest BCUT2D eigenvalue weighted by Gasteiger charge is -2.19. The van der Waals surface area contributed by atoms with Crippen LogP contribution in [0.25, 0.3) is 0 Å². The van der Waals surface area contributed by atoms with Gasteiger partial charge in [0.05, 0.1) is 24.8 Å². The van der Waals surface area contributed by atoms with Crippen LogP contribution in [0.1, 0.15) is 46.3 Å². The SMILES string of the molecule is CCOC(=O)c1cc(CC)sc1NC(=O)CNC(c1ccccc1)c1ccccc1. The molecule has 1 amide bonds. The molecule has 0 atom stereocenters. The third kappa shape index (κ3) is 5.55. The van der Waals surface area contributed by atoms with Gasteiger partial charge in [0.1, 0.15) is 5.00 Å². The van der Waals surface area contributed by atoms with Gasteiger partial charge in [-0.3, -0.25) is 10.1 Å². The maximum absolute atomic E-state index is 12.7. The van der Waals surface area contributed by atoms with E-state index < -0.39 is 5.97 Å². The van der Waals surface area contributed by atoms with Gasteiger partial charge in [0, 0.05) is 4.88 Å². The minimum Gasteiger partial charge on any atom is -0.462 e. The lowest BCUT2D eigenvalue weighted by molar-refractivity contribution is -0.115. The molecular weight excluding hydrogens is 396 g/mol. The Labute approximate surface area is 181 Å². The van der Waals surface area contributed by atoms with Gasteiger partial charge in [-0.15, -0.1) is 11.3 Å². The normalized spacial score (nSPS) is 10.8. The molecule has 0 radical (unpaired) electrons. The van der Waals surface area contributed by atoms with E-state index in [0.29, 0.717) is 17.2 Å². The first-order chi connectivity index (χ1) is 14.6. The molecule has 0 fully saturated rings. The van der Waals surface area contributed by atoms with Crippen LogP contribution in [0.15, 0.2) is 66.7 Å². The van der Waals surface area contributed by atoms with Crippen molar-refractivity contribution in [3.05, 3.63) is 88.3 Å². The Hall–Kier alpha value is -2.96. The number of nitrogens with one attached hydrogen (secondary N) is 2. The molecule has 1 heterocycles. The van der Waals surface area contributed by atoms with Crippen LogP contribution in [-0.4, -0.2) is 25.0 Å². The standard InChI is InChI=1S/C24H26N2O3S/c1-3-19-15-20(24(28)29-4-2)23(30-19)26-21(27)16-25-22(17-11-7-5-8-12-17)18-13-9-6-10-14-18/h5-15,22,25H,3-4,16H2,1-2H3,(H,26,27). The maximum atomic E-state index is 12.7. The van der Waals surface area contributed by atoms with Crippen molar-refractivity contribution in [1.82, 2.24) is 5.32 Å². The number of rotatable bonds is 9. The van der Waals surface area contributed by atoms with Crippen LogP contribution < -0.4 is 10.6 Å². The van der Waals surface area contributed by atoms with Crippen LogP contribution >= 0.6 is 11.3 Å². The highest BCUT2D eigenvalue weighted by Crippen LogP contribution is 2.29. The first-order valence-electron chi connectivity index (χ1n) is 10.0. The molecular formula is C24H26N2O3S. The van der Waals surface area contributed by atoms with Gasteiger partial charge in [0.2, 0.25) is 5.91 Å². The van der Waals surface area contributed by atoms with Crippen LogP contribution in [-0.2, 0) is 16.0 Å². The summed E-state index contributed by atoms with van der Waals surface area (Å²) in [6, 6.07) is 21.7. The summed E-state index contributed by atoms with van der Waals surface area (Å²) in [6.07, 6.45) is 0.787. The Kier molecular flexibility index (Phi) is 7.76. The molecule has 2 aromatic carbocycles. The lowest BCUT2D eigenvalue weighted by atomic mass is 9.99. The van der Waals surface area contributed by atoms with Gasteiger partial charge in [-0.1, -0.05) is 67.6 Å². The number of hydrogen-bond acceptors (Lipinski definition) is 5. The molecule has 3 aromatic rings. The maximum Gasteiger partial charge on any atom is 0.341 e. The molecule has 0 unspecified atom stereocenters. The molecule has 0 aliphatic rings. The highest BCUT2D eigenvalue weighted by molar-refractivity contribution is 7.16. The van der Waals surface area contributed by atoms with Gasteiger partial charge >= 0.3 is 5.97 Å². The van der Waals surface area contributed by atoms with Crippen molar-refractivity contribution in [3.63, 3.8) is 0 Å². The van der Waals surface area contributed by atoms with Crippen LogP contribution in [0.5, 0.6) is 0 Å². The van der Waals surface area contributed by atoms with E-state index >= 15 is 0 Å². The lowest BCUT2D eigenvalue weighted by Crippen LogP contribution is -2.32. The van der Waals surface area contributed by atoms with Gasteiger partial charge in [-0.2, -0.15) is 0 Å². The predicted octanol–water partition coefficient (Wildman–Crippen LogP) is 4.80. The summed E-state index contributed by atoms with van der Waals surface area (Å²) >= 11 is 1.41. The Morgan fingerprint density at radius 1 is 0.967 bits per heavy atom. The molecule has 6 heteroatoms. The predicted molar refractivity (Wildman–Crippen MR) is 121 cm³/mol. The molecule has 0 bridgehead atoms. The van der Waals surface area contributed by atoms with E-state index in [2.05, 4.69) is 10.6 Å². The minimum atomic E-state index is -0.414. The average molecular weight is 423 g/mol. The third-order valence-electron chi connectivity index (χ3n) is 4.61. The molecule has 156 valence electrons. The number of ether oxygens (including phenoxy) is 1. The van der Waals surface area contributed by atoms with Crippen molar-refractivity contribution < 1.29 is 14.3 Å². The number of carbonyl (C=O) groups is 2. The number of hydrogen-bond donors (Lipinski definition) is 2. The number of aryl methyl sites for hydroxylation is 1. The summed E-state index contributed by atoms with van der Waals surface area (Å²) in [5.41, 5.74) is 2.57. The number of benzene rings is 2. The number of amides is 1. The van der Waals surface area contributed by atoms with Crippen LogP contribution in [0, 0.1) is 0 Å². The average Bonchev–Trinajstić information content (AvgIpc) is 3.18. The van der Waals surface area contributed by atoms with Crippen molar-refractivity contribution in [1.29, 1.82) is 0 Å². The summed E-state index contributed by atoms with van der Waals surface area (Å²) < 4.78 is 5.12. The Bertz CT molecular complexity index is 931. The fraction of sp³-hybridized carbons (Fsp3) is 0.250. The largest absolute Gasteiger partial charge is 0.462 e. The topological polar surface area (TPSA) is 67.4 Å². The Balaban J connectivity index is 1.72. The second kappa shape index (κ2) is 10.7. The summed E-state index contributed by atoms with van der Waals surface area (Å²) in [5, 5.41) is 6.76. The van der Waals surface area contributed by atoms with Gasteiger partial charge in [-0.25, -0.2) is 4.79 Å². The molecule has 1 aromatic heterocycles. The first kappa shape index (κ1) is 21.7. The van der Waals surface area contributed by atoms with Crippen molar-refractivity contribution in [2.75, 3.05) is 18.5 Å². The van der Waals surface area contributed by atoms with Gasteiger partial charge in [-0.05, 0) is 30.5 Å². The molecule has 5 nitrogen and oxygen atoms in total. The van der Waals surface area contributed by atoms with E-state index in [1.165, 1.54) is 11.3 Å². The Morgan fingerprint density at radius 2 is 1.57 bits per heavy atom. The van der Waals surface area contributed by atoms with E-state index in [4.69, 9.17) is 4.74 Å². The van der Waals surface area contributed by atoms with Crippen LogP contribution in [0.4, 0.5) is 5.00 Å². The molecule has 0 spiro atoms. The van der Waals surface area contributed by atoms with Gasteiger partial charge in [0.25, 0.3) is 0 Å². The smallest absolute Gasteiger partial charge is 0.341 e. The van der Waals surface area contributed by atoms with Crippen LogP contribution in [0.2, 0.25) is 0 Å². The number of anilines is 1. The second-order valence-electron chi connectivity index (χ2n) is 6.71. The highest BCUT2D eigenvalue weighted by atomic mass is 32.1. The summed E-state index contributed by atoms with van der Waals surface area (Å²) in [5.74, 6) is -0.620. The number of esters is 1. The number of thiophene rings is 1. The van der Waals surface area contributed by atoms with Gasteiger partial charge < -0.3 is 10.1 Å². The van der Waals surface area contributed by atoms with Crippen molar-refractivity contribution >= 4 is 28.2 Å². The summed E-state index contributed by atoms with van der Waals surface area (Å²) in [7, 11) is 0. The molecule has 2 N–H and O–H groups in total. The minimum absolute atomic E-state index is 0.107. The Morgan fingerprint density at radius 3 is 2.10 bits per heavy atom. The molecule has 0 saturated carbocycles. The highest BCUT2D eigenvalue weighted by Gasteiger charge is 2.20. The van der Waals surface area contributed by atoms with Crippen molar-refractivity contribution in [2.45, 2.75) is 26.3 Å². The molecule has 3 rings (SSSR count). The zero-order chi connectivity index (χ0) is 21.3. The summed E-state index contributed by atoms with van der Waals surface area (Å²) in [6.45, 7) is 4.18. The van der Waals surface area contributed by atoms with E-state index in [1.54, 1.807) is 13.0 Å². The zero-order valence-electron chi connectivity index (χ0n) is 17.2. The van der Waals surface area contributed by atoms with E-state index in [1.807, 2.05) is 67.6 Å². The van der Waals surface area contributed by atoms with Crippen molar-refractivity contribution in [2.24, 2.45) is 0 Å². The fourth-order valence-electron chi connectivity index (χ4n) is 3.15. The van der Waals surface area contributed by atoms with Crippen LogP contribution in [0.3, 0.4) is 0 Å². The zero-order valence-corrected chi connectivity index (χ0v) is 18.0. The molecule has 0 saturated heterocycles. The quantitative estimate of drug-likeness (QED) is 0.486. The third-order valence-corrected chi connectivity index (χ3v) is 5.81. The summed E-state index contributed by atoms with van der Waals surface area (Å²) in [4.78, 5) is 25.9. The first-order valence-corrected chi connectivity index (χ1v) is 10.9. The van der Waals surface area contributed by atoms with E-state index in [9.17, 15) is 9.59 Å².